The minimum absolute atomic E-state index is 0.00655. The summed E-state index contributed by atoms with van der Waals surface area (Å²) in [5.74, 6) is 0.734. The van der Waals surface area contributed by atoms with Gasteiger partial charge in [0, 0.05) is 37.9 Å². The number of imidazole rings is 1. The number of allylic oxidation sites excluding steroid dienone is 1. The first-order valence-corrected chi connectivity index (χ1v) is 12.8. The average Bonchev–Trinajstić information content (AvgIpc) is 3.24. The van der Waals surface area contributed by atoms with E-state index in [0.29, 0.717) is 5.56 Å². The first kappa shape index (κ1) is 24.0. The molecule has 1 N–H and O–H groups in total. The summed E-state index contributed by atoms with van der Waals surface area (Å²) in [5.41, 5.74) is 3.16. The van der Waals surface area contributed by atoms with Crippen LogP contribution in [-0.2, 0) is 4.79 Å². The molecule has 2 unspecified atom stereocenters. The van der Waals surface area contributed by atoms with Crippen LogP contribution in [0.25, 0.3) is 22.6 Å². The highest BCUT2D eigenvalue weighted by Crippen LogP contribution is 2.36. The molecule has 2 heterocycles. The Morgan fingerprint density at radius 1 is 1.21 bits per heavy atom. The van der Waals surface area contributed by atoms with E-state index < -0.39 is 0 Å². The van der Waals surface area contributed by atoms with E-state index in [1.807, 2.05) is 55.7 Å². The molecule has 178 valence electrons. The third-order valence-corrected chi connectivity index (χ3v) is 7.15. The Hall–Kier alpha value is -3.13. The molecule has 4 rings (SSSR count). The van der Waals surface area contributed by atoms with Gasteiger partial charge in [-0.3, -0.25) is 14.6 Å². The lowest BCUT2D eigenvalue weighted by Crippen LogP contribution is -2.39. The van der Waals surface area contributed by atoms with E-state index in [1.165, 1.54) is 11.8 Å². The molecular formula is C26H31N5O2S. The fourth-order valence-electron chi connectivity index (χ4n) is 4.66. The number of thioether (sulfide) groups is 1. The third-order valence-electron chi connectivity index (χ3n) is 6.29. The predicted molar refractivity (Wildman–Crippen MR) is 138 cm³/mol. The van der Waals surface area contributed by atoms with Gasteiger partial charge in [-0.25, -0.2) is 4.98 Å². The number of nitrogens with one attached hydrogen (secondary N) is 1. The van der Waals surface area contributed by atoms with Crippen LogP contribution in [0, 0.1) is 0 Å². The second-order valence-electron chi connectivity index (χ2n) is 8.77. The van der Waals surface area contributed by atoms with Gasteiger partial charge in [0.1, 0.15) is 5.69 Å². The number of fused-ring (bicyclic) bond motifs is 1. The van der Waals surface area contributed by atoms with Gasteiger partial charge in [0.05, 0.1) is 15.9 Å². The van der Waals surface area contributed by atoms with E-state index in [2.05, 4.69) is 14.9 Å². The SMILES string of the molecule is C/C=C(\SC)C(=O)NC1CCCC(n2c(-c3ccccn3)nc3cc(C(=O)N(C)C)ccc32)C1. The normalized spacial score (nSPS) is 18.6. The van der Waals surface area contributed by atoms with Gasteiger partial charge in [-0.05, 0) is 69.2 Å². The first-order valence-electron chi connectivity index (χ1n) is 11.6. The van der Waals surface area contributed by atoms with Crippen molar-refractivity contribution in [3.63, 3.8) is 0 Å². The van der Waals surface area contributed by atoms with Crippen LogP contribution in [0.5, 0.6) is 0 Å². The highest BCUT2D eigenvalue weighted by atomic mass is 32.2. The van der Waals surface area contributed by atoms with Crippen LogP contribution in [0.15, 0.2) is 53.6 Å². The van der Waals surface area contributed by atoms with E-state index in [-0.39, 0.29) is 23.9 Å². The molecule has 34 heavy (non-hydrogen) atoms. The maximum Gasteiger partial charge on any atom is 0.257 e. The number of carbonyl (C=O) groups is 2. The molecule has 8 heteroatoms. The van der Waals surface area contributed by atoms with Crippen LogP contribution in [-0.4, -0.2) is 57.6 Å². The van der Waals surface area contributed by atoms with Crippen molar-refractivity contribution < 1.29 is 9.59 Å². The minimum Gasteiger partial charge on any atom is -0.349 e. The topological polar surface area (TPSA) is 80.1 Å². The summed E-state index contributed by atoms with van der Waals surface area (Å²) in [4.78, 5) is 37.0. The largest absolute Gasteiger partial charge is 0.349 e. The van der Waals surface area contributed by atoms with E-state index >= 15 is 0 Å². The predicted octanol–water partition coefficient (Wildman–Crippen LogP) is 4.67. The van der Waals surface area contributed by atoms with Gasteiger partial charge in [-0.2, -0.15) is 0 Å². The van der Waals surface area contributed by atoms with Crippen molar-refractivity contribution in [1.29, 1.82) is 0 Å². The minimum atomic E-state index is -0.0511. The Morgan fingerprint density at radius 2 is 2.03 bits per heavy atom. The number of aromatic nitrogens is 3. The van der Waals surface area contributed by atoms with Gasteiger partial charge in [0.25, 0.3) is 11.8 Å². The van der Waals surface area contributed by atoms with Crippen molar-refractivity contribution in [3.8, 4) is 11.5 Å². The number of benzene rings is 1. The highest BCUT2D eigenvalue weighted by Gasteiger charge is 2.29. The molecule has 0 bridgehead atoms. The van der Waals surface area contributed by atoms with Crippen molar-refractivity contribution in [3.05, 3.63) is 59.1 Å². The Labute approximate surface area is 204 Å². The van der Waals surface area contributed by atoms with E-state index in [0.717, 1.165) is 53.1 Å². The lowest BCUT2D eigenvalue weighted by molar-refractivity contribution is -0.117. The molecule has 7 nitrogen and oxygen atoms in total. The number of amides is 2. The Morgan fingerprint density at radius 3 is 2.71 bits per heavy atom. The fourth-order valence-corrected chi connectivity index (χ4v) is 5.14. The molecule has 0 aliphatic heterocycles. The van der Waals surface area contributed by atoms with E-state index in [4.69, 9.17) is 4.98 Å². The molecule has 2 aromatic heterocycles. The highest BCUT2D eigenvalue weighted by molar-refractivity contribution is 8.03. The molecule has 1 saturated carbocycles. The van der Waals surface area contributed by atoms with Crippen molar-refractivity contribution in [2.75, 3.05) is 20.4 Å². The number of hydrogen-bond acceptors (Lipinski definition) is 5. The maximum atomic E-state index is 12.7. The average molecular weight is 478 g/mol. The van der Waals surface area contributed by atoms with E-state index in [1.54, 1.807) is 25.2 Å². The summed E-state index contributed by atoms with van der Waals surface area (Å²) >= 11 is 1.47. The van der Waals surface area contributed by atoms with Crippen molar-refractivity contribution in [2.45, 2.75) is 44.7 Å². The zero-order chi connectivity index (χ0) is 24.2. The molecular weight excluding hydrogens is 446 g/mol. The molecule has 1 fully saturated rings. The van der Waals surface area contributed by atoms with Crippen LogP contribution < -0.4 is 5.32 Å². The lowest BCUT2D eigenvalue weighted by Gasteiger charge is -2.32. The molecule has 3 aromatic rings. The van der Waals surface area contributed by atoms with Crippen LogP contribution in [0.2, 0.25) is 0 Å². The van der Waals surface area contributed by atoms with Crippen molar-refractivity contribution >= 4 is 34.6 Å². The summed E-state index contributed by atoms with van der Waals surface area (Å²) < 4.78 is 2.26. The molecule has 2 atom stereocenters. The second kappa shape index (κ2) is 10.4. The number of hydrogen-bond donors (Lipinski definition) is 1. The van der Waals surface area contributed by atoms with Gasteiger partial charge in [-0.15, -0.1) is 11.8 Å². The van der Waals surface area contributed by atoms with Gasteiger partial charge >= 0.3 is 0 Å². The molecule has 2 amide bonds. The Bertz CT molecular complexity index is 1220. The van der Waals surface area contributed by atoms with Crippen LogP contribution in [0.1, 0.15) is 49.0 Å². The number of rotatable bonds is 6. The molecule has 1 aliphatic rings. The smallest absolute Gasteiger partial charge is 0.257 e. The lowest BCUT2D eigenvalue weighted by atomic mass is 9.90. The molecule has 0 spiro atoms. The standard InChI is InChI=1S/C26H31N5O2S/c1-5-23(34-4)25(32)28-18-9-8-10-19(16-18)31-22-13-12-17(26(33)30(2)3)15-21(22)29-24(31)20-11-6-7-14-27-20/h5-7,11-15,18-19H,8-10,16H2,1-4H3,(H,28,32)/b23-5-. The Kier molecular flexibility index (Phi) is 7.36. The van der Waals surface area contributed by atoms with Crippen molar-refractivity contribution in [2.24, 2.45) is 0 Å². The number of carbonyl (C=O) groups excluding carboxylic acids is 2. The zero-order valence-corrected chi connectivity index (χ0v) is 20.9. The Balaban J connectivity index is 1.72. The summed E-state index contributed by atoms with van der Waals surface area (Å²) in [5, 5.41) is 3.23. The third kappa shape index (κ3) is 4.87. The fraction of sp³-hybridized carbons (Fsp3) is 0.385. The van der Waals surface area contributed by atoms with Crippen LogP contribution in [0.3, 0.4) is 0 Å². The molecule has 1 aliphatic carbocycles. The van der Waals surface area contributed by atoms with Crippen LogP contribution in [0.4, 0.5) is 0 Å². The quantitative estimate of drug-likeness (QED) is 0.522. The zero-order valence-electron chi connectivity index (χ0n) is 20.1. The van der Waals surface area contributed by atoms with Gasteiger partial charge in [-0.1, -0.05) is 12.1 Å². The number of nitrogens with zero attached hydrogens (tertiary/aromatic N) is 4. The molecule has 0 saturated heterocycles. The molecule has 0 radical (unpaired) electrons. The molecule has 1 aromatic carbocycles. The van der Waals surface area contributed by atoms with Gasteiger partial charge in [0.2, 0.25) is 0 Å². The summed E-state index contributed by atoms with van der Waals surface area (Å²) in [6, 6.07) is 11.8. The van der Waals surface area contributed by atoms with Gasteiger partial charge < -0.3 is 14.8 Å². The maximum absolute atomic E-state index is 12.7. The van der Waals surface area contributed by atoms with Crippen molar-refractivity contribution in [1.82, 2.24) is 24.8 Å². The first-order chi connectivity index (χ1) is 16.4. The number of pyridine rings is 1. The van der Waals surface area contributed by atoms with Crippen LogP contribution >= 0.6 is 11.8 Å². The van der Waals surface area contributed by atoms with Gasteiger partial charge in [0.15, 0.2) is 5.82 Å². The summed E-state index contributed by atoms with van der Waals surface area (Å²) in [6.07, 6.45) is 9.33. The summed E-state index contributed by atoms with van der Waals surface area (Å²) in [6.45, 7) is 1.89. The monoisotopic (exact) mass is 477 g/mol. The van der Waals surface area contributed by atoms with E-state index in [9.17, 15) is 9.59 Å². The summed E-state index contributed by atoms with van der Waals surface area (Å²) in [7, 11) is 3.49. The second-order valence-corrected chi connectivity index (χ2v) is 9.62.